The molecule has 6 heteroatoms. The smallest absolute Gasteiger partial charge is 0.222 e. The van der Waals surface area contributed by atoms with Gasteiger partial charge in [0.1, 0.15) is 6.61 Å². The van der Waals surface area contributed by atoms with E-state index in [9.17, 15) is 4.79 Å². The summed E-state index contributed by atoms with van der Waals surface area (Å²) in [5.74, 6) is 1.66. The third-order valence-electron chi connectivity index (χ3n) is 7.01. The summed E-state index contributed by atoms with van der Waals surface area (Å²) in [6.07, 6.45) is 4.33. The summed E-state index contributed by atoms with van der Waals surface area (Å²) in [6.45, 7) is 7.90. The van der Waals surface area contributed by atoms with Crippen molar-refractivity contribution < 1.29 is 19.0 Å². The number of nitrogens with one attached hydrogen (secondary N) is 1. The van der Waals surface area contributed by atoms with Gasteiger partial charge in [-0.15, -0.1) is 0 Å². The zero-order chi connectivity index (χ0) is 24.0. The third kappa shape index (κ3) is 6.30. The zero-order valence-corrected chi connectivity index (χ0v) is 20.7. The highest BCUT2D eigenvalue weighted by Gasteiger charge is 2.42. The Kier molecular flexibility index (Phi) is 8.11. The van der Waals surface area contributed by atoms with Crippen molar-refractivity contribution in [2.75, 3.05) is 26.7 Å². The van der Waals surface area contributed by atoms with Gasteiger partial charge in [-0.25, -0.2) is 0 Å². The Morgan fingerprint density at radius 3 is 2.56 bits per heavy atom. The Morgan fingerprint density at radius 2 is 1.85 bits per heavy atom. The number of ether oxygens (including phenoxy) is 3. The maximum Gasteiger partial charge on any atom is 0.222 e. The number of piperidine rings is 1. The van der Waals surface area contributed by atoms with Crippen LogP contribution in [0.15, 0.2) is 48.5 Å². The fourth-order valence-corrected chi connectivity index (χ4v) is 4.87. The lowest BCUT2D eigenvalue weighted by atomic mass is 9.88. The van der Waals surface area contributed by atoms with Crippen LogP contribution in [-0.2, 0) is 22.7 Å². The first-order valence-electron chi connectivity index (χ1n) is 12.5. The first kappa shape index (κ1) is 24.6. The van der Waals surface area contributed by atoms with Crippen LogP contribution in [0, 0.1) is 5.92 Å². The number of hydrogen-bond acceptors (Lipinski definition) is 5. The second-order valence-electron chi connectivity index (χ2n) is 9.90. The maximum absolute atomic E-state index is 11.9. The van der Waals surface area contributed by atoms with Crippen molar-refractivity contribution in [3.63, 3.8) is 0 Å². The monoisotopic (exact) mass is 466 g/mol. The summed E-state index contributed by atoms with van der Waals surface area (Å²) in [6, 6.07) is 16.4. The number of methoxy groups -OCH3 is 1. The lowest BCUT2D eigenvalue weighted by Gasteiger charge is -2.39. The molecule has 2 aliphatic rings. The van der Waals surface area contributed by atoms with Gasteiger partial charge in [0.2, 0.25) is 5.91 Å². The summed E-state index contributed by atoms with van der Waals surface area (Å²) in [7, 11) is 1.69. The molecule has 6 nitrogen and oxygen atoms in total. The van der Waals surface area contributed by atoms with Gasteiger partial charge in [0.05, 0.1) is 18.8 Å². The fourth-order valence-electron chi connectivity index (χ4n) is 4.87. The molecule has 0 aliphatic carbocycles. The number of carbonyl (C=O) groups is 1. The third-order valence-corrected chi connectivity index (χ3v) is 7.01. The van der Waals surface area contributed by atoms with Crippen molar-refractivity contribution in [3.05, 3.63) is 59.7 Å². The second kappa shape index (κ2) is 11.2. The van der Waals surface area contributed by atoms with Crippen LogP contribution in [0.1, 0.15) is 50.7 Å². The second-order valence-corrected chi connectivity index (χ2v) is 9.90. The molecule has 1 N–H and O–H groups in total. The van der Waals surface area contributed by atoms with Gasteiger partial charge >= 0.3 is 0 Å². The van der Waals surface area contributed by atoms with Gasteiger partial charge in [-0.3, -0.25) is 9.69 Å². The minimum Gasteiger partial charge on any atom is -0.493 e. The highest BCUT2D eigenvalue weighted by atomic mass is 16.5. The van der Waals surface area contributed by atoms with Gasteiger partial charge in [0.25, 0.3) is 0 Å². The zero-order valence-electron chi connectivity index (χ0n) is 20.7. The number of amides is 1. The van der Waals surface area contributed by atoms with Crippen molar-refractivity contribution in [1.29, 1.82) is 0 Å². The number of rotatable bonds is 9. The Balaban J connectivity index is 1.26. The molecule has 1 amide bonds. The van der Waals surface area contributed by atoms with E-state index in [4.69, 9.17) is 14.2 Å². The molecule has 0 bridgehead atoms. The predicted octanol–water partition coefficient (Wildman–Crippen LogP) is 4.56. The molecule has 34 heavy (non-hydrogen) atoms. The average Bonchev–Trinajstić information content (AvgIpc) is 3.26. The lowest BCUT2D eigenvalue weighted by Crippen LogP contribution is -2.45. The number of hydrogen-bond donors (Lipinski definition) is 1. The minimum atomic E-state index is -0.0173. The summed E-state index contributed by atoms with van der Waals surface area (Å²) >= 11 is 0. The number of nitrogens with zero attached hydrogens (tertiary/aromatic N) is 1. The number of likely N-dealkylation sites (tertiary alicyclic amines) is 1. The van der Waals surface area contributed by atoms with Crippen molar-refractivity contribution >= 4 is 5.91 Å². The molecule has 1 spiro atoms. The molecule has 4 rings (SSSR count). The Morgan fingerprint density at radius 1 is 1.09 bits per heavy atom. The van der Waals surface area contributed by atoms with E-state index in [0.29, 0.717) is 13.2 Å². The molecule has 2 aromatic rings. The van der Waals surface area contributed by atoms with Crippen LogP contribution in [0.5, 0.6) is 11.5 Å². The average molecular weight is 467 g/mol. The molecule has 2 fully saturated rings. The molecule has 1 atom stereocenters. The van der Waals surface area contributed by atoms with Crippen LogP contribution >= 0.6 is 0 Å². The first-order valence-corrected chi connectivity index (χ1v) is 12.5. The van der Waals surface area contributed by atoms with E-state index in [2.05, 4.69) is 34.5 Å². The number of benzene rings is 2. The SMILES string of the molecule is COc1cc(CN2CCC3(CC[C@H](CNC(=O)C(C)C)O3)CC2)ccc1OCc1ccccc1. The number of carbonyl (C=O) groups excluding carboxylic acids is 1. The molecule has 2 saturated heterocycles. The van der Waals surface area contributed by atoms with Crippen molar-refractivity contribution in [3.8, 4) is 11.5 Å². The topological polar surface area (TPSA) is 60.0 Å². The predicted molar refractivity (Wildman–Crippen MR) is 133 cm³/mol. The van der Waals surface area contributed by atoms with Crippen LogP contribution in [0.25, 0.3) is 0 Å². The maximum atomic E-state index is 11.9. The Bertz CT molecular complexity index is 939. The van der Waals surface area contributed by atoms with Gasteiger partial charge in [-0.05, 0) is 48.9 Å². The largest absolute Gasteiger partial charge is 0.493 e. The van der Waals surface area contributed by atoms with Crippen molar-refractivity contribution in [1.82, 2.24) is 10.2 Å². The quantitative estimate of drug-likeness (QED) is 0.587. The standard InChI is InChI=1S/C28H38N2O4/c1-21(2)27(31)29-18-24-11-12-28(34-24)13-15-30(16-14-28)19-23-9-10-25(26(17-23)32-3)33-20-22-7-5-4-6-8-22/h4-10,17,21,24H,11-16,18-20H2,1-3H3,(H,29,31)/t24-/m1/s1. The molecular formula is C28H38N2O4. The first-order chi connectivity index (χ1) is 16.5. The summed E-state index contributed by atoms with van der Waals surface area (Å²) in [5.41, 5.74) is 2.34. The summed E-state index contributed by atoms with van der Waals surface area (Å²) < 4.78 is 18.1. The van der Waals surface area contributed by atoms with Gasteiger partial charge in [-0.2, -0.15) is 0 Å². The van der Waals surface area contributed by atoms with E-state index in [1.807, 2.05) is 38.1 Å². The Labute approximate surface area is 203 Å². The van der Waals surface area contributed by atoms with Crippen LogP contribution < -0.4 is 14.8 Å². The minimum absolute atomic E-state index is 0.0155. The van der Waals surface area contributed by atoms with Crippen molar-refractivity contribution in [2.24, 2.45) is 5.92 Å². The molecule has 2 heterocycles. The van der Waals surface area contributed by atoms with Gasteiger partial charge in [0.15, 0.2) is 11.5 Å². The molecule has 0 saturated carbocycles. The van der Waals surface area contributed by atoms with Gasteiger partial charge < -0.3 is 19.5 Å². The van der Waals surface area contributed by atoms with E-state index in [1.54, 1.807) is 7.11 Å². The molecule has 184 valence electrons. The normalized spacial score (nSPS) is 19.9. The molecule has 0 radical (unpaired) electrons. The molecule has 0 aromatic heterocycles. The van der Waals surface area contributed by atoms with E-state index in [1.165, 1.54) is 5.56 Å². The van der Waals surface area contributed by atoms with E-state index >= 15 is 0 Å². The van der Waals surface area contributed by atoms with E-state index < -0.39 is 0 Å². The van der Waals surface area contributed by atoms with Crippen molar-refractivity contribution in [2.45, 2.75) is 64.4 Å². The van der Waals surface area contributed by atoms with E-state index in [0.717, 1.165) is 62.4 Å². The molecule has 2 aromatic carbocycles. The Hall–Kier alpha value is -2.57. The van der Waals surface area contributed by atoms with Crippen LogP contribution in [-0.4, -0.2) is 49.3 Å². The molecule has 0 unspecified atom stereocenters. The van der Waals surface area contributed by atoms with Gasteiger partial charge in [-0.1, -0.05) is 50.2 Å². The summed E-state index contributed by atoms with van der Waals surface area (Å²) in [5, 5.41) is 3.02. The fraction of sp³-hybridized carbons (Fsp3) is 0.536. The highest BCUT2D eigenvalue weighted by molar-refractivity contribution is 5.77. The molecule has 2 aliphatic heterocycles. The lowest BCUT2D eigenvalue weighted by molar-refractivity contribution is -0.125. The highest BCUT2D eigenvalue weighted by Crippen LogP contribution is 2.39. The molecular weight excluding hydrogens is 428 g/mol. The summed E-state index contributed by atoms with van der Waals surface area (Å²) in [4.78, 5) is 14.3. The van der Waals surface area contributed by atoms with Gasteiger partial charge in [0, 0.05) is 32.1 Å². The van der Waals surface area contributed by atoms with Crippen LogP contribution in [0.2, 0.25) is 0 Å². The van der Waals surface area contributed by atoms with E-state index in [-0.39, 0.29) is 23.5 Å². The van der Waals surface area contributed by atoms with Crippen LogP contribution in [0.4, 0.5) is 0 Å². The van der Waals surface area contributed by atoms with Crippen LogP contribution in [0.3, 0.4) is 0 Å².